The summed E-state index contributed by atoms with van der Waals surface area (Å²) in [5, 5.41) is 19.3. The topological polar surface area (TPSA) is 125 Å². The number of pyridine rings is 1. The first kappa shape index (κ1) is 15.5. The fraction of sp³-hybridized carbons (Fsp3) is 0.267. The Balaban J connectivity index is 2.38. The van der Waals surface area contributed by atoms with E-state index >= 15 is 0 Å². The molecule has 0 saturated heterocycles. The van der Waals surface area contributed by atoms with Crippen molar-refractivity contribution in [3.63, 3.8) is 0 Å². The Morgan fingerprint density at radius 2 is 2.36 bits per heavy atom. The van der Waals surface area contributed by atoms with Gasteiger partial charge in [0, 0.05) is 17.1 Å². The lowest BCUT2D eigenvalue weighted by Crippen LogP contribution is -2.27. The zero-order valence-corrected chi connectivity index (χ0v) is 12.3. The van der Waals surface area contributed by atoms with Gasteiger partial charge in [-0.25, -0.2) is 4.98 Å². The minimum absolute atomic E-state index is 0.112. The molecule has 0 radical (unpaired) electrons. The van der Waals surface area contributed by atoms with Gasteiger partial charge in [-0.3, -0.25) is 4.79 Å². The summed E-state index contributed by atoms with van der Waals surface area (Å²) < 4.78 is 5.48. The van der Waals surface area contributed by atoms with E-state index in [9.17, 15) is 9.90 Å². The lowest BCUT2D eigenvalue weighted by atomic mass is 10.1. The van der Waals surface area contributed by atoms with E-state index in [0.29, 0.717) is 22.3 Å². The molecule has 0 unspecified atom stereocenters. The Labute approximate surface area is 127 Å². The van der Waals surface area contributed by atoms with Gasteiger partial charge in [0.2, 0.25) is 0 Å². The monoisotopic (exact) mass is 300 g/mol. The zero-order valence-electron chi connectivity index (χ0n) is 12.3. The number of hydrogen-bond acceptors (Lipinski definition) is 5. The van der Waals surface area contributed by atoms with Gasteiger partial charge < -0.3 is 20.6 Å². The van der Waals surface area contributed by atoms with Crippen LogP contribution in [0.5, 0.6) is 5.75 Å². The maximum absolute atomic E-state index is 11.1. The number of hydrogen-bond donors (Lipinski definition) is 3. The molecule has 2 aromatic rings. The summed E-state index contributed by atoms with van der Waals surface area (Å²) in [4.78, 5) is 18.2. The molecule has 0 aliphatic carbocycles. The van der Waals surface area contributed by atoms with Crippen LogP contribution < -0.4 is 10.5 Å². The predicted octanol–water partition coefficient (Wildman–Crippen LogP) is 1.10. The van der Waals surface area contributed by atoms with E-state index in [1.807, 2.05) is 0 Å². The zero-order chi connectivity index (χ0) is 16.3. The number of fused-ring (bicyclic) bond motifs is 1. The van der Waals surface area contributed by atoms with Gasteiger partial charge in [-0.1, -0.05) is 0 Å². The van der Waals surface area contributed by atoms with Gasteiger partial charge >= 0.3 is 0 Å². The molecule has 7 nitrogen and oxygen atoms in total. The summed E-state index contributed by atoms with van der Waals surface area (Å²) in [6.07, 6.45) is 4.54. The molecule has 0 aliphatic rings. The third-order valence-electron chi connectivity index (χ3n) is 2.82. The molecular formula is C15H16N4O3. The van der Waals surface area contributed by atoms with Crippen molar-refractivity contribution in [2.24, 2.45) is 5.73 Å². The number of aliphatic hydroxyl groups is 1. The van der Waals surface area contributed by atoms with E-state index in [-0.39, 0.29) is 12.2 Å². The summed E-state index contributed by atoms with van der Waals surface area (Å²) >= 11 is 0. The molecule has 0 atom stereocenters. The molecule has 0 aromatic carbocycles. The van der Waals surface area contributed by atoms with Crippen LogP contribution in [-0.4, -0.2) is 33.2 Å². The number of H-pyrrole nitrogens is 1. The van der Waals surface area contributed by atoms with E-state index in [1.165, 1.54) is 12.3 Å². The normalized spacial score (nSPS) is 12.2. The van der Waals surface area contributed by atoms with Crippen molar-refractivity contribution in [3.8, 4) is 11.8 Å². The van der Waals surface area contributed by atoms with Crippen LogP contribution in [-0.2, 0) is 4.79 Å². The third kappa shape index (κ3) is 3.62. The largest absolute Gasteiger partial charge is 0.489 e. The second kappa shape index (κ2) is 5.87. The minimum Gasteiger partial charge on any atom is -0.489 e. The smallest absolute Gasteiger partial charge is 0.259 e. The number of nitrogens with two attached hydrogens (primary N) is 1. The third-order valence-corrected chi connectivity index (χ3v) is 2.82. The first-order chi connectivity index (χ1) is 10.3. The highest BCUT2D eigenvalue weighted by atomic mass is 16.5. The molecular weight excluding hydrogens is 284 g/mol. The van der Waals surface area contributed by atoms with Crippen LogP contribution in [0, 0.1) is 11.3 Å². The lowest BCUT2D eigenvalue weighted by Gasteiger charge is -2.17. The summed E-state index contributed by atoms with van der Waals surface area (Å²) in [5.74, 6) is -0.319. The van der Waals surface area contributed by atoms with Crippen molar-refractivity contribution in [2.45, 2.75) is 19.4 Å². The maximum atomic E-state index is 11.1. The number of amides is 1. The van der Waals surface area contributed by atoms with Crippen molar-refractivity contribution in [2.75, 3.05) is 6.61 Å². The summed E-state index contributed by atoms with van der Waals surface area (Å²) in [6, 6.07) is 3.47. The van der Waals surface area contributed by atoms with Crippen LogP contribution in [0.3, 0.4) is 0 Å². The fourth-order valence-corrected chi connectivity index (χ4v) is 1.78. The average molecular weight is 300 g/mol. The van der Waals surface area contributed by atoms with Crippen LogP contribution in [0.4, 0.5) is 0 Å². The number of carbonyl (C=O) groups excluding carboxylic acids is 1. The van der Waals surface area contributed by atoms with Crippen molar-refractivity contribution in [1.29, 1.82) is 5.26 Å². The molecule has 114 valence electrons. The van der Waals surface area contributed by atoms with E-state index < -0.39 is 11.5 Å². The first-order valence-electron chi connectivity index (χ1n) is 6.54. The van der Waals surface area contributed by atoms with Gasteiger partial charge in [0.15, 0.2) is 0 Å². The maximum Gasteiger partial charge on any atom is 0.259 e. The van der Waals surface area contributed by atoms with Crippen molar-refractivity contribution >= 4 is 23.0 Å². The highest BCUT2D eigenvalue weighted by Crippen LogP contribution is 2.24. The van der Waals surface area contributed by atoms with Crippen LogP contribution >= 0.6 is 0 Å². The molecule has 0 spiro atoms. The van der Waals surface area contributed by atoms with Crippen molar-refractivity contribution in [1.82, 2.24) is 9.97 Å². The Kier molecular flexibility index (Phi) is 4.15. The van der Waals surface area contributed by atoms with Gasteiger partial charge in [0.05, 0.1) is 11.8 Å². The SMILES string of the molecule is CC(C)(O)COc1cnc2[nH]cc(C=C(C#N)C(N)=O)c2c1. The second-order valence-corrected chi connectivity index (χ2v) is 5.45. The lowest BCUT2D eigenvalue weighted by molar-refractivity contribution is -0.114. The highest BCUT2D eigenvalue weighted by molar-refractivity contribution is 6.02. The number of nitriles is 1. The van der Waals surface area contributed by atoms with E-state index in [0.717, 1.165) is 0 Å². The van der Waals surface area contributed by atoms with Gasteiger partial charge in [-0.05, 0) is 26.0 Å². The molecule has 22 heavy (non-hydrogen) atoms. The number of primary amides is 1. The minimum atomic E-state index is -0.963. The average Bonchev–Trinajstić information content (AvgIpc) is 2.83. The van der Waals surface area contributed by atoms with Crippen LogP contribution in [0.2, 0.25) is 0 Å². The number of nitrogens with one attached hydrogen (secondary N) is 1. The molecule has 0 saturated carbocycles. The summed E-state index contributed by atoms with van der Waals surface area (Å²) in [7, 11) is 0. The first-order valence-corrected chi connectivity index (χ1v) is 6.54. The number of carbonyl (C=O) groups is 1. The number of rotatable bonds is 5. The molecule has 0 fully saturated rings. The van der Waals surface area contributed by atoms with Gasteiger partial charge in [-0.15, -0.1) is 0 Å². The molecule has 2 aromatic heterocycles. The quantitative estimate of drug-likeness (QED) is 0.563. The Morgan fingerprint density at radius 1 is 1.64 bits per heavy atom. The number of nitrogens with zero attached hydrogens (tertiary/aromatic N) is 2. The second-order valence-electron chi connectivity index (χ2n) is 5.45. The Bertz CT molecular complexity index is 778. The molecule has 4 N–H and O–H groups in total. The molecule has 2 rings (SSSR count). The van der Waals surface area contributed by atoms with Crippen LogP contribution in [0.15, 0.2) is 24.0 Å². The van der Waals surface area contributed by atoms with Crippen molar-refractivity contribution < 1.29 is 14.6 Å². The standard InChI is InChI=1S/C15H16N4O3/c1-15(2,21)8-22-11-4-12-10(3-9(5-16)13(17)20)6-18-14(12)19-7-11/h3-4,6-7,21H,8H2,1-2H3,(H2,17,20)(H,18,19). The Morgan fingerprint density at radius 3 is 2.95 bits per heavy atom. The molecule has 2 heterocycles. The fourth-order valence-electron chi connectivity index (χ4n) is 1.78. The Hall–Kier alpha value is -2.85. The molecule has 0 aliphatic heterocycles. The summed E-state index contributed by atoms with van der Waals surface area (Å²) in [5.41, 5.74) is 5.20. The number of aromatic nitrogens is 2. The van der Waals surface area contributed by atoms with Gasteiger partial charge in [-0.2, -0.15) is 5.26 Å². The predicted molar refractivity (Wildman–Crippen MR) is 80.7 cm³/mol. The number of ether oxygens (including phenoxy) is 1. The highest BCUT2D eigenvalue weighted by Gasteiger charge is 2.14. The van der Waals surface area contributed by atoms with Gasteiger partial charge in [0.1, 0.15) is 29.6 Å². The molecule has 7 heteroatoms. The van der Waals surface area contributed by atoms with Gasteiger partial charge in [0.25, 0.3) is 5.91 Å². The van der Waals surface area contributed by atoms with Crippen molar-refractivity contribution in [3.05, 3.63) is 29.6 Å². The summed E-state index contributed by atoms with van der Waals surface area (Å²) in [6.45, 7) is 3.38. The number of aromatic amines is 1. The van der Waals surface area contributed by atoms with E-state index in [1.54, 1.807) is 32.2 Å². The van der Waals surface area contributed by atoms with E-state index in [4.69, 9.17) is 15.7 Å². The molecule has 0 bridgehead atoms. The van der Waals surface area contributed by atoms with Crippen LogP contribution in [0.1, 0.15) is 19.4 Å². The van der Waals surface area contributed by atoms with Crippen LogP contribution in [0.25, 0.3) is 17.1 Å². The van der Waals surface area contributed by atoms with E-state index in [2.05, 4.69) is 9.97 Å². The molecule has 1 amide bonds.